The molecule has 0 aliphatic rings. The largest absolute Gasteiger partial charge is 0.345 e. The molecule has 0 fully saturated rings. The maximum absolute atomic E-state index is 12.2. The molecule has 2 rings (SSSR count). The van der Waals surface area contributed by atoms with Gasteiger partial charge in [0, 0.05) is 29.8 Å². The minimum Gasteiger partial charge on any atom is -0.345 e. The van der Waals surface area contributed by atoms with Crippen molar-refractivity contribution in [1.82, 2.24) is 4.90 Å². The quantitative estimate of drug-likeness (QED) is 0.790. The molecule has 0 bridgehead atoms. The van der Waals surface area contributed by atoms with Gasteiger partial charge in [0.25, 0.3) is 11.8 Å². The van der Waals surface area contributed by atoms with Crippen LogP contribution >= 0.6 is 43.2 Å². The van der Waals surface area contributed by atoms with Crippen molar-refractivity contribution < 1.29 is 9.59 Å². The topological polar surface area (TPSA) is 49.4 Å². The Morgan fingerprint density at radius 2 is 1.90 bits per heavy atom. The van der Waals surface area contributed by atoms with Crippen LogP contribution in [-0.2, 0) is 0 Å². The first-order valence-electron chi connectivity index (χ1n) is 5.96. The van der Waals surface area contributed by atoms with Crippen LogP contribution in [0, 0.1) is 0 Å². The van der Waals surface area contributed by atoms with Crippen LogP contribution in [0.5, 0.6) is 0 Å². The molecular formula is C14H12Br2N2O2S. The number of benzene rings is 1. The summed E-state index contributed by atoms with van der Waals surface area (Å²) in [5, 5.41) is 2.79. The summed E-state index contributed by atoms with van der Waals surface area (Å²) < 4.78 is 1.71. The number of hydrogen-bond acceptors (Lipinski definition) is 3. The second-order valence-electron chi connectivity index (χ2n) is 4.47. The smallest absolute Gasteiger partial charge is 0.265 e. The number of hydrogen-bond donors (Lipinski definition) is 1. The normalized spacial score (nSPS) is 10.3. The Balaban J connectivity index is 2.18. The van der Waals surface area contributed by atoms with E-state index in [1.54, 1.807) is 44.4 Å². The van der Waals surface area contributed by atoms with Gasteiger partial charge in [0.05, 0.1) is 8.66 Å². The molecule has 4 nitrogen and oxygen atoms in total. The first-order valence-corrected chi connectivity index (χ1v) is 8.36. The fourth-order valence-electron chi connectivity index (χ4n) is 1.64. The van der Waals surface area contributed by atoms with Crippen molar-refractivity contribution in [3.05, 3.63) is 49.0 Å². The molecule has 21 heavy (non-hydrogen) atoms. The summed E-state index contributed by atoms with van der Waals surface area (Å²) in [6.45, 7) is 0. The van der Waals surface area contributed by atoms with Crippen molar-refractivity contribution in [2.45, 2.75) is 0 Å². The molecule has 1 heterocycles. The number of rotatable bonds is 3. The lowest BCUT2D eigenvalue weighted by Gasteiger charge is -2.11. The maximum atomic E-state index is 12.2. The second-order valence-corrected chi connectivity index (χ2v) is 7.69. The lowest BCUT2D eigenvalue weighted by atomic mass is 10.2. The molecule has 110 valence electrons. The standard InChI is InChI=1S/C14H12Br2N2O2S/c1-18(2)14(20)8-4-3-5-9(6-8)17-13(19)11-7-10(15)12(16)21-11/h3-7H,1-2H3,(H,17,19). The zero-order chi connectivity index (χ0) is 15.6. The fraction of sp³-hybridized carbons (Fsp3) is 0.143. The monoisotopic (exact) mass is 430 g/mol. The van der Waals surface area contributed by atoms with Gasteiger partial charge in [-0.05, 0) is 56.1 Å². The van der Waals surface area contributed by atoms with Gasteiger partial charge in [-0.25, -0.2) is 0 Å². The Bertz CT molecular complexity index is 679. The second kappa shape index (κ2) is 6.72. The lowest BCUT2D eigenvalue weighted by Crippen LogP contribution is -2.21. The average molecular weight is 432 g/mol. The van der Waals surface area contributed by atoms with Crippen molar-refractivity contribution in [2.75, 3.05) is 19.4 Å². The summed E-state index contributed by atoms with van der Waals surface area (Å²) in [5.74, 6) is -0.312. The number of nitrogens with zero attached hydrogens (tertiary/aromatic N) is 1. The third kappa shape index (κ3) is 3.93. The third-order valence-corrected chi connectivity index (χ3v) is 5.90. The van der Waals surface area contributed by atoms with Gasteiger partial charge < -0.3 is 10.2 Å². The summed E-state index contributed by atoms with van der Waals surface area (Å²) >= 11 is 8.05. The van der Waals surface area contributed by atoms with E-state index < -0.39 is 0 Å². The number of nitrogens with one attached hydrogen (secondary N) is 1. The van der Waals surface area contributed by atoms with Gasteiger partial charge >= 0.3 is 0 Å². The average Bonchev–Trinajstić information content (AvgIpc) is 2.78. The van der Waals surface area contributed by atoms with Gasteiger partial charge in [-0.2, -0.15) is 0 Å². The predicted octanol–water partition coefficient (Wildman–Crippen LogP) is 4.23. The molecular weight excluding hydrogens is 420 g/mol. The number of carbonyl (C=O) groups excluding carboxylic acids is 2. The van der Waals surface area contributed by atoms with Crippen LogP contribution in [0.25, 0.3) is 0 Å². The summed E-state index contributed by atoms with van der Waals surface area (Å²) in [5.41, 5.74) is 1.12. The van der Waals surface area contributed by atoms with Crippen molar-refractivity contribution in [3.63, 3.8) is 0 Å². The molecule has 0 aliphatic carbocycles. The van der Waals surface area contributed by atoms with E-state index in [4.69, 9.17) is 0 Å². The third-order valence-electron chi connectivity index (χ3n) is 2.64. The van der Waals surface area contributed by atoms with Crippen LogP contribution in [0.4, 0.5) is 5.69 Å². The molecule has 1 N–H and O–H groups in total. The highest BCUT2D eigenvalue weighted by Gasteiger charge is 2.13. The van der Waals surface area contributed by atoms with E-state index in [1.165, 1.54) is 16.2 Å². The molecule has 1 aromatic carbocycles. The van der Waals surface area contributed by atoms with E-state index in [1.807, 2.05) is 0 Å². The molecule has 0 aliphatic heterocycles. The Labute approximate surface area is 143 Å². The number of carbonyl (C=O) groups is 2. The summed E-state index contributed by atoms with van der Waals surface area (Å²) in [6, 6.07) is 8.63. The van der Waals surface area contributed by atoms with Crippen LogP contribution in [0.1, 0.15) is 20.0 Å². The van der Waals surface area contributed by atoms with E-state index in [2.05, 4.69) is 37.2 Å². The molecule has 0 saturated heterocycles. The van der Waals surface area contributed by atoms with Gasteiger partial charge in [0.15, 0.2) is 0 Å². The molecule has 0 spiro atoms. The van der Waals surface area contributed by atoms with E-state index in [0.29, 0.717) is 16.1 Å². The van der Waals surface area contributed by atoms with Crippen LogP contribution < -0.4 is 5.32 Å². The first-order chi connectivity index (χ1) is 9.88. The van der Waals surface area contributed by atoms with Crippen LogP contribution in [0.2, 0.25) is 0 Å². The first kappa shape index (κ1) is 16.2. The highest BCUT2D eigenvalue weighted by molar-refractivity contribution is 9.13. The highest BCUT2D eigenvalue weighted by Crippen LogP contribution is 2.32. The predicted molar refractivity (Wildman–Crippen MR) is 92.1 cm³/mol. The Kier molecular flexibility index (Phi) is 5.18. The molecule has 2 aromatic rings. The van der Waals surface area contributed by atoms with Crippen LogP contribution in [0.3, 0.4) is 0 Å². The molecule has 0 radical (unpaired) electrons. The molecule has 2 amide bonds. The Morgan fingerprint density at radius 1 is 1.19 bits per heavy atom. The van der Waals surface area contributed by atoms with Crippen molar-refractivity contribution >= 4 is 60.7 Å². The number of thiophene rings is 1. The summed E-state index contributed by atoms with van der Waals surface area (Å²) in [4.78, 5) is 26.1. The van der Waals surface area contributed by atoms with Gasteiger partial charge in [-0.15, -0.1) is 11.3 Å². The van der Waals surface area contributed by atoms with Crippen LogP contribution in [-0.4, -0.2) is 30.8 Å². The van der Waals surface area contributed by atoms with E-state index in [-0.39, 0.29) is 11.8 Å². The van der Waals surface area contributed by atoms with E-state index in [9.17, 15) is 9.59 Å². The SMILES string of the molecule is CN(C)C(=O)c1cccc(NC(=O)c2cc(Br)c(Br)s2)c1. The van der Waals surface area contributed by atoms with Crippen molar-refractivity contribution in [2.24, 2.45) is 0 Å². The molecule has 0 atom stereocenters. The fourth-order valence-corrected chi connectivity index (χ4v) is 3.57. The molecule has 7 heteroatoms. The summed E-state index contributed by atoms with van der Waals surface area (Å²) in [7, 11) is 3.38. The van der Waals surface area contributed by atoms with Crippen LogP contribution in [0.15, 0.2) is 38.6 Å². The van der Waals surface area contributed by atoms with Crippen molar-refractivity contribution in [1.29, 1.82) is 0 Å². The van der Waals surface area contributed by atoms with Gasteiger partial charge in [0.1, 0.15) is 0 Å². The Hall–Kier alpha value is -1.18. The highest BCUT2D eigenvalue weighted by atomic mass is 79.9. The zero-order valence-corrected chi connectivity index (χ0v) is 15.3. The minimum absolute atomic E-state index is 0.104. The van der Waals surface area contributed by atoms with Gasteiger partial charge in [0.2, 0.25) is 0 Å². The zero-order valence-electron chi connectivity index (χ0n) is 11.3. The van der Waals surface area contributed by atoms with E-state index >= 15 is 0 Å². The van der Waals surface area contributed by atoms with Gasteiger partial charge in [-0.1, -0.05) is 6.07 Å². The number of amides is 2. The Morgan fingerprint density at radius 3 is 2.48 bits per heavy atom. The maximum Gasteiger partial charge on any atom is 0.265 e. The molecule has 0 unspecified atom stereocenters. The lowest BCUT2D eigenvalue weighted by molar-refractivity contribution is 0.0827. The molecule has 0 saturated carbocycles. The minimum atomic E-state index is -0.208. The van der Waals surface area contributed by atoms with Crippen molar-refractivity contribution in [3.8, 4) is 0 Å². The number of halogens is 2. The number of anilines is 1. The van der Waals surface area contributed by atoms with Gasteiger partial charge in [-0.3, -0.25) is 9.59 Å². The van der Waals surface area contributed by atoms with E-state index in [0.717, 1.165) is 8.26 Å². The molecule has 1 aromatic heterocycles. The summed E-state index contributed by atoms with van der Waals surface area (Å²) in [6.07, 6.45) is 0.